The summed E-state index contributed by atoms with van der Waals surface area (Å²) in [5, 5.41) is 5.63. The smallest absolute Gasteiger partial charge is 0.235 e. The fraction of sp³-hybridized carbons (Fsp3) is 0.556. The van der Waals surface area contributed by atoms with E-state index in [9.17, 15) is 9.59 Å². The molecule has 2 N–H and O–H groups in total. The summed E-state index contributed by atoms with van der Waals surface area (Å²) >= 11 is 0. The summed E-state index contributed by atoms with van der Waals surface area (Å²) in [5.74, 6) is 0.173. The molecule has 0 bridgehead atoms. The SMILES string of the molecule is COc1ccc(CNC(=O)C(C)(C)C(=O)NCC2CCCO2)cc1. The molecule has 2 amide bonds. The van der Waals surface area contributed by atoms with Gasteiger partial charge in [-0.3, -0.25) is 9.59 Å². The van der Waals surface area contributed by atoms with Crippen molar-refractivity contribution in [2.24, 2.45) is 5.41 Å². The van der Waals surface area contributed by atoms with E-state index in [1.807, 2.05) is 24.3 Å². The average Bonchev–Trinajstić information content (AvgIpc) is 3.11. The molecule has 1 fully saturated rings. The second-order valence-corrected chi connectivity index (χ2v) is 6.50. The maximum Gasteiger partial charge on any atom is 0.235 e. The van der Waals surface area contributed by atoms with Crippen LogP contribution in [0.2, 0.25) is 0 Å². The van der Waals surface area contributed by atoms with Crippen molar-refractivity contribution in [3.63, 3.8) is 0 Å². The van der Waals surface area contributed by atoms with E-state index >= 15 is 0 Å². The standard InChI is InChI=1S/C18H26N2O4/c1-18(2,17(22)20-12-15-5-4-10-24-15)16(21)19-11-13-6-8-14(23-3)9-7-13/h6-9,15H,4-5,10-12H2,1-3H3,(H,19,21)(H,20,22). The van der Waals surface area contributed by atoms with Crippen LogP contribution in [-0.4, -0.2) is 38.2 Å². The van der Waals surface area contributed by atoms with Gasteiger partial charge in [0.25, 0.3) is 0 Å². The van der Waals surface area contributed by atoms with E-state index in [2.05, 4.69) is 10.6 Å². The minimum atomic E-state index is -1.13. The molecule has 132 valence electrons. The lowest BCUT2D eigenvalue weighted by Crippen LogP contribution is -2.49. The Hall–Kier alpha value is -2.08. The normalized spacial score (nSPS) is 17.4. The molecule has 0 aliphatic carbocycles. The number of carbonyl (C=O) groups is 2. The number of ether oxygens (including phenoxy) is 2. The van der Waals surface area contributed by atoms with Crippen molar-refractivity contribution in [3.8, 4) is 5.75 Å². The summed E-state index contributed by atoms with van der Waals surface area (Å²) in [5.41, 5.74) is -0.190. The highest BCUT2D eigenvalue weighted by Gasteiger charge is 2.36. The maximum absolute atomic E-state index is 12.4. The molecule has 0 radical (unpaired) electrons. The molecule has 2 rings (SSSR count). The molecule has 1 heterocycles. The number of hydrogen-bond donors (Lipinski definition) is 2. The van der Waals surface area contributed by atoms with Crippen molar-refractivity contribution in [3.05, 3.63) is 29.8 Å². The largest absolute Gasteiger partial charge is 0.497 e. The maximum atomic E-state index is 12.4. The van der Waals surface area contributed by atoms with Gasteiger partial charge >= 0.3 is 0 Å². The average molecular weight is 334 g/mol. The van der Waals surface area contributed by atoms with Gasteiger partial charge in [-0.05, 0) is 44.4 Å². The molecule has 1 saturated heterocycles. The molecule has 1 aromatic carbocycles. The third-order valence-electron chi connectivity index (χ3n) is 4.26. The summed E-state index contributed by atoms with van der Waals surface area (Å²) < 4.78 is 10.6. The first kappa shape index (κ1) is 18.3. The van der Waals surface area contributed by atoms with Gasteiger partial charge < -0.3 is 20.1 Å². The van der Waals surface area contributed by atoms with Gasteiger partial charge in [-0.1, -0.05) is 12.1 Å². The van der Waals surface area contributed by atoms with E-state index < -0.39 is 5.41 Å². The zero-order valence-electron chi connectivity index (χ0n) is 14.6. The molecule has 1 unspecified atom stereocenters. The second-order valence-electron chi connectivity index (χ2n) is 6.50. The minimum Gasteiger partial charge on any atom is -0.497 e. The Labute approximate surface area is 142 Å². The Kier molecular flexibility index (Phi) is 6.20. The Morgan fingerprint density at radius 2 is 1.88 bits per heavy atom. The lowest BCUT2D eigenvalue weighted by Gasteiger charge is -2.23. The van der Waals surface area contributed by atoms with Gasteiger partial charge in [-0.2, -0.15) is 0 Å². The molecule has 1 aromatic rings. The monoisotopic (exact) mass is 334 g/mol. The number of nitrogens with one attached hydrogen (secondary N) is 2. The molecular formula is C18H26N2O4. The van der Waals surface area contributed by atoms with Crippen molar-refractivity contribution in [2.45, 2.75) is 39.3 Å². The van der Waals surface area contributed by atoms with Crippen LogP contribution in [0.1, 0.15) is 32.3 Å². The number of methoxy groups -OCH3 is 1. The second kappa shape index (κ2) is 8.15. The number of rotatable bonds is 7. The molecule has 0 saturated carbocycles. The molecule has 0 aromatic heterocycles. The highest BCUT2D eigenvalue weighted by molar-refractivity contribution is 6.04. The van der Waals surface area contributed by atoms with Crippen molar-refractivity contribution in [1.82, 2.24) is 10.6 Å². The van der Waals surface area contributed by atoms with Crippen molar-refractivity contribution < 1.29 is 19.1 Å². The molecule has 1 atom stereocenters. The Balaban J connectivity index is 1.82. The first-order valence-corrected chi connectivity index (χ1v) is 8.24. The van der Waals surface area contributed by atoms with Crippen LogP contribution in [0.4, 0.5) is 0 Å². The van der Waals surface area contributed by atoms with Gasteiger partial charge in [-0.25, -0.2) is 0 Å². The van der Waals surface area contributed by atoms with Crippen LogP contribution in [0.3, 0.4) is 0 Å². The Morgan fingerprint density at radius 1 is 1.21 bits per heavy atom. The number of benzene rings is 1. The molecule has 1 aliphatic rings. The fourth-order valence-corrected chi connectivity index (χ4v) is 2.48. The van der Waals surface area contributed by atoms with Crippen LogP contribution in [0.15, 0.2) is 24.3 Å². The summed E-state index contributed by atoms with van der Waals surface area (Å²) in [6.45, 7) is 4.81. The van der Waals surface area contributed by atoms with Crippen LogP contribution in [-0.2, 0) is 20.9 Å². The number of carbonyl (C=O) groups excluding carboxylic acids is 2. The van der Waals surface area contributed by atoms with Crippen LogP contribution >= 0.6 is 0 Å². The fourth-order valence-electron chi connectivity index (χ4n) is 2.48. The van der Waals surface area contributed by atoms with Crippen LogP contribution in [0.5, 0.6) is 5.75 Å². The van der Waals surface area contributed by atoms with E-state index in [0.717, 1.165) is 30.8 Å². The predicted molar refractivity (Wildman–Crippen MR) is 90.6 cm³/mol. The van der Waals surface area contributed by atoms with E-state index in [1.54, 1.807) is 21.0 Å². The van der Waals surface area contributed by atoms with E-state index in [1.165, 1.54) is 0 Å². The van der Waals surface area contributed by atoms with Gasteiger partial charge in [-0.15, -0.1) is 0 Å². The number of hydrogen-bond acceptors (Lipinski definition) is 4. The lowest BCUT2D eigenvalue weighted by molar-refractivity contribution is -0.141. The molecule has 1 aliphatic heterocycles. The molecular weight excluding hydrogens is 308 g/mol. The highest BCUT2D eigenvalue weighted by Crippen LogP contribution is 2.17. The number of amides is 2. The van der Waals surface area contributed by atoms with Gasteiger partial charge in [0.15, 0.2) is 0 Å². The summed E-state index contributed by atoms with van der Waals surface area (Å²) in [7, 11) is 1.61. The summed E-state index contributed by atoms with van der Waals surface area (Å²) in [6.07, 6.45) is 2.03. The predicted octanol–water partition coefficient (Wildman–Crippen LogP) is 1.63. The first-order chi connectivity index (χ1) is 11.4. The van der Waals surface area contributed by atoms with Crippen LogP contribution in [0.25, 0.3) is 0 Å². The van der Waals surface area contributed by atoms with Crippen LogP contribution in [0, 0.1) is 5.41 Å². The summed E-state index contributed by atoms with van der Waals surface area (Å²) in [6, 6.07) is 7.43. The lowest BCUT2D eigenvalue weighted by atomic mass is 9.91. The van der Waals surface area contributed by atoms with Gasteiger partial charge in [0, 0.05) is 19.7 Å². The van der Waals surface area contributed by atoms with Crippen molar-refractivity contribution in [2.75, 3.05) is 20.3 Å². The van der Waals surface area contributed by atoms with Gasteiger partial charge in [0.2, 0.25) is 11.8 Å². The van der Waals surface area contributed by atoms with Crippen LogP contribution < -0.4 is 15.4 Å². The van der Waals surface area contributed by atoms with E-state index in [-0.39, 0.29) is 17.9 Å². The zero-order chi connectivity index (χ0) is 17.6. The van der Waals surface area contributed by atoms with E-state index in [0.29, 0.717) is 13.1 Å². The third kappa shape index (κ3) is 4.71. The quantitative estimate of drug-likeness (QED) is 0.743. The zero-order valence-corrected chi connectivity index (χ0v) is 14.6. The van der Waals surface area contributed by atoms with Gasteiger partial charge in [0.05, 0.1) is 13.2 Å². The third-order valence-corrected chi connectivity index (χ3v) is 4.26. The molecule has 0 spiro atoms. The highest BCUT2D eigenvalue weighted by atomic mass is 16.5. The van der Waals surface area contributed by atoms with Gasteiger partial charge in [0.1, 0.15) is 11.2 Å². The summed E-state index contributed by atoms with van der Waals surface area (Å²) in [4.78, 5) is 24.7. The Morgan fingerprint density at radius 3 is 2.46 bits per heavy atom. The molecule has 6 heteroatoms. The van der Waals surface area contributed by atoms with E-state index in [4.69, 9.17) is 9.47 Å². The first-order valence-electron chi connectivity index (χ1n) is 8.24. The Bertz CT molecular complexity index is 563. The topological polar surface area (TPSA) is 76.7 Å². The van der Waals surface area contributed by atoms with Crippen molar-refractivity contribution >= 4 is 11.8 Å². The molecule has 6 nitrogen and oxygen atoms in total. The minimum absolute atomic E-state index is 0.0621. The molecule has 24 heavy (non-hydrogen) atoms. The van der Waals surface area contributed by atoms with Crippen molar-refractivity contribution in [1.29, 1.82) is 0 Å².